The van der Waals surface area contributed by atoms with Crippen LogP contribution in [0.1, 0.15) is 11.1 Å². The first-order valence-electron chi connectivity index (χ1n) is 13.4. The van der Waals surface area contributed by atoms with Gasteiger partial charge >= 0.3 is 0 Å². The fourth-order valence-electron chi connectivity index (χ4n) is 4.64. The molecule has 224 valence electrons. The lowest BCUT2D eigenvalue weighted by atomic mass is 10.0. The van der Waals surface area contributed by atoms with Crippen molar-refractivity contribution in [2.45, 2.75) is 23.9 Å². The van der Waals surface area contributed by atoms with Crippen LogP contribution in [0.5, 0.6) is 5.75 Å². The maximum absolute atomic E-state index is 14.4. The number of amides is 2. The van der Waals surface area contributed by atoms with Crippen LogP contribution in [0.3, 0.4) is 0 Å². The number of benzene rings is 4. The van der Waals surface area contributed by atoms with E-state index in [0.29, 0.717) is 15.6 Å². The molecule has 1 unspecified atom stereocenters. The second-order valence-electron chi connectivity index (χ2n) is 9.54. The van der Waals surface area contributed by atoms with Crippen molar-refractivity contribution in [2.75, 3.05) is 25.0 Å². The summed E-state index contributed by atoms with van der Waals surface area (Å²) in [5.41, 5.74) is 1.39. The Bertz CT molecular complexity index is 1650. The highest BCUT2D eigenvalue weighted by atomic mass is 35.5. The minimum absolute atomic E-state index is 0.0125. The van der Waals surface area contributed by atoms with Gasteiger partial charge in [-0.1, -0.05) is 89.9 Å². The van der Waals surface area contributed by atoms with Gasteiger partial charge in [-0.3, -0.25) is 13.9 Å². The van der Waals surface area contributed by atoms with E-state index in [4.69, 9.17) is 27.9 Å². The Morgan fingerprint density at radius 2 is 1.42 bits per heavy atom. The molecule has 0 fully saturated rings. The van der Waals surface area contributed by atoms with Gasteiger partial charge in [0.15, 0.2) is 0 Å². The van der Waals surface area contributed by atoms with E-state index < -0.39 is 34.4 Å². The van der Waals surface area contributed by atoms with Gasteiger partial charge in [0.05, 0.1) is 17.7 Å². The Balaban J connectivity index is 1.84. The van der Waals surface area contributed by atoms with Gasteiger partial charge in [0.25, 0.3) is 10.0 Å². The van der Waals surface area contributed by atoms with Crippen LogP contribution in [0.15, 0.2) is 108 Å². The molecule has 0 aliphatic carbocycles. The predicted molar refractivity (Wildman–Crippen MR) is 169 cm³/mol. The van der Waals surface area contributed by atoms with Crippen molar-refractivity contribution in [1.82, 2.24) is 10.2 Å². The molecule has 4 aromatic rings. The number of hydrogen-bond donors (Lipinski definition) is 1. The molecule has 0 aliphatic heterocycles. The third kappa shape index (κ3) is 7.48. The van der Waals surface area contributed by atoms with Crippen molar-refractivity contribution in [3.8, 4) is 5.75 Å². The molecule has 8 nitrogen and oxygen atoms in total. The number of likely N-dealkylation sites (N-methyl/N-ethyl adjacent to an activating group) is 1. The quantitative estimate of drug-likeness (QED) is 0.218. The topological polar surface area (TPSA) is 96.0 Å². The van der Waals surface area contributed by atoms with Crippen LogP contribution in [-0.2, 0) is 32.6 Å². The number of carbonyl (C=O) groups is 2. The van der Waals surface area contributed by atoms with Crippen molar-refractivity contribution in [2.24, 2.45) is 0 Å². The Hall–Kier alpha value is -4.05. The van der Waals surface area contributed by atoms with Crippen molar-refractivity contribution in [3.05, 3.63) is 124 Å². The number of sulfonamides is 1. The van der Waals surface area contributed by atoms with Gasteiger partial charge in [-0.15, -0.1) is 0 Å². The molecule has 0 saturated heterocycles. The largest absolute Gasteiger partial charge is 0.495 e. The molecule has 0 radical (unpaired) electrons. The SMILES string of the molecule is CNC(=O)C(Cc1ccccc1)N(Cc1c(Cl)cccc1Cl)C(=O)CN(c1ccccc1OC)S(=O)(=O)c1ccccc1. The van der Waals surface area contributed by atoms with Crippen LogP contribution < -0.4 is 14.4 Å². The molecule has 43 heavy (non-hydrogen) atoms. The second-order valence-corrected chi connectivity index (χ2v) is 12.2. The Morgan fingerprint density at radius 1 is 0.837 bits per heavy atom. The van der Waals surface area contributed by atoms with Crippen LogP contribution in [0.25, 0.3) is 0 Å². The highest BCUT2D eigenvalue weighted by Gasteiger charge is 2.35. The van der Waals surface area contributed by atoms with E-state index in [2.05, 4.69) is 5.32 Å². The van der Waals surface area contributed by atoms with Crippen molar-refractivity contribution < 1.29 is 22.7 Å². The number of methoxy groups -OCH3 is 1. The summed E-state index contributed by atoms with van der Waals surface area (Å²) in [7, 11) is -1.37. The summed E-state index contributed by atoms with van der Waals surface area (Å²) in [6.07, 6.45) is 0.161. The molecule has 0 aliphatic rings. The molecule has 0 bridgehead atoms. The summed E-state index contributed by atoms with van der Waals surface area (Å²) in [4.78, 5) is 29.1. The fourth-order valence-corrected chi connectivity index (χ4v) is 6.61. The molecule has 0 heterocycles. The van der Waals surface area contributed by atoms with Gasteiger partial charge in [-0.2, -0.15) is 0 Å². The van der Waals surface area contributed by atoms with E-state index in [9.17, 15) is 18.0 Å². The zero-order valence-electron chi connectivity index (χ0n) is 23.6. The normalized spacial score (nSPS) is 11.8. The lowest BCUT2D eigenvalue weighted by Crippen LogP contribution is -2.53. The van der Waals surface area contributed by atoms with Crippen LogP contribution in [0.2, 0.25) is 10.0 Å². The van der Waals surface area contributed by atoms with E-state index in [1.807, 2.05) is 30.3 Å². The Kier molecular flexibility index (Phi) is 10.7. The van der Waals surface area contributed by atoms with Gasteiger partial charge in [-0.25, -0.2) is 8.42 Å². The third-order valence-corrected chi connectivity index (χ3v) is 9.35. The zero-order valence-corrected chi connectivity index (χ0v) is 25.9. The minimum atomic E-state index is -4.26. The average Bonchev–Trinajstić information content (AvgIpc) is 3.03. The molecule has 0 aromatic heterocycles. The first kappa shape index (κ1) is 31.9. The summed E-state index contributed by atoms with van der Waals surface area (Å²) in [6, 6.07) is 27.5. The standard InChI is InChI=1S/C32H31Cl2N3O5S/c1-35-32(39)29(20-23-12-5-3-6-13-23)36(21-25-26(33)16-11-17-27(25)34)31(38)22-37(28-18-9-10-19-30(28)42-2)43(40,41)24-14-7-4-8-15-24/h3-19,29H,20-22H2,1-2H3,(H,35,39). The summed E-state index contributed by atoms with van der Waals surface area (Å²) in [5.74, 6) is -0.830. The molecule has 0 spiro atoms. The fraction of sp³-hybridized carbons (Fsp3) is 0.188. The van der Waals surface area contributed by atoms with Crippen LogP contribution in [0.4, 0.5) is 5.69 Å². The predicted octanol–water partition coefficient (Wildman–Crippen LogP) is 5.58. The molecule has 1 N–H and O–H groups in total. The summed E-state index contributed by atoms with van der Waals surface area (Å²) in [6.45, 7) is -0.782. The van der Waals surface area contributed by atoms with E-state index in [0.717, 1.165) is 9.87 Å². The number of hydrogen-bond acceptors (Lipinski definition) is 5. The molecule has 4 aromatic carbocycles. The van der Waals surface area contributed by atoms with E-state index >= 15 is 0 Å². The maximum atomic E-state index is 14.4. The van der Waals surface area contributed by atoms with Crippen molar-refractivity contribution >= 4 is 50.7 Å². The van der Waals surface area contributed by atoms with Gasteiger partial charge in [0.2, 0.25) is 11.8 Å². The maximum Gasteiger partial charge on any atom is 0.264 e. The van der Waals surface area contributed by atoms with Gasteiger partial charge in [-0.05, 0) is 42.0 Å². The van der Waals surface area contributed by atoms with Gasteiger partial charge in [0, 0.05) is 35.6 Å². The average molecular weight is 641 g/mol. The van der Waals surface area contributed by atoms with E-state index in [1.54, 1.807) is 60.7 Å². The van der Waals surface area contributed by atoms with Crippen molar-refractivity contribution in [3.63, 3.8) is 0 Å². The molecular weight excluding hydrogens is 609 g/mol. The van der Waals surface area contributed by atoms with Crippen LogP contribution >= 0.6 is 23.2 Å². The number of ether oxygens (including phenoxy) is 1. The molecular formula is C32H31Cl2N3O5S. The van der Waals surface area contributed by atoms with Crippen LogP contribution in [0, 0.1) is 0 Å². The lowest BCUT2D eigenvalue weighted by Gasteiger charge is -2.34. The number of para-hydroxylation sites is 2. The second kappa shape index (κ2) is 14.4. The summed E-state index contributed by atoms with van der Waals surface area (Å²) < 4.78 is 34.6. The summed E-state index contributed by atoms with van der Waals surface area (Å²) >= 11 is 13.0. The minimum Gasteiger partial charge on any atom is -0.495 e. The molecule has 1 atom stereocenters. The number of anilines is 1. The van der Waals surface area contributed by atoms with Gasteiger partial charge < -0.3 is 15.0 Å². The monoisotopic (exact) mass is 639 g/mol. The Labute approximate surface area is 261 Å². The molecule has 11 heteroatoms. The first-order valence-corrected chi connectivity index (χ1v) is 15.6. The number of nitrogens with one attached hydrogen (secondary N) is 1. The summed E-state index contributed by atoms with van der Waals surface area (Å²) in [5, 5.41) is 3.25. The molecule has 0 saturated carbocycles. The molecule has 4 rings (SSSR count). The number of nitrogens with zero attached hydrogens (tertiary/aromatic N) is 2. The van der Waals surface area contributed by atoms with E-state index in [-0.39, 0.29) is 29.3 Å². The zero-order chi connectivity index (χ0) is 31.0. The highest BCUT2D eigenvalue weighted by molar-refractivity contribution is 7.92. The van der Waals surface area contributed by atoms with Crippen LogP contribution in [-0.4, -0.2) is 51.9 Å². The van der Waals surface area contributed by atoms with Crippen molar-refractivity contribution in [1.29, 1.82) is 0 Å². The number of rotatable bonds is 12. The highest BCUT2D eigenvalue weighted by Crippen LogP contribution is 2.33. The number of carbonyl (C=O) groups excluding carboxylic acids is 2. The molecule has 2 amide bonds. The van der Waals surface area contributed by atoms with Gasteiger partial charge in [0.1, 0.15) is 18.3 Å². The lowest BCUT2D eigenvalue weighted by molar-refractivity contribution is -0.139. The number of halogens is 2. The third-order valence-electron chi connectivity index (χ3n) is 6.87. The Morgan fingerprint density at radius 3 is 2.02 bits per heavy atom. The smallest absolute Gasteiger partial charge is 0.264 e. The van der Waals surface area contributed by atoms with E-state index in [1.165, 1.54) is 31.2 Å². The first-order chi connectivity index (χ1) is 20.7.